The lowest BCUT2D eigenvalue weighted by atomic mass is 10.3. The molecule has 1 rings (SSSR count). The number of benzene rings is 1. The second-order valence-corrected chi connectivity index (χ2v) is 8.34. The molecule has 0 aliphatic rings. The Balaban J connectivity index is 2.67. The van der Waals surface area contributed by atoms with Crippen LogP contribution in [-0.2, 0) is 24.4 Å². The topological polar surface area (TPSA) is 107 Å². The van der Waals surface area contributed by atoms with Crippen LogP contribution in [0.4, 0.5) is 8.78 Å². The highest BCUT2D eigenvalue weighted by Gasteiger charge is 2.45. The second kappa shape index (κ2) is 8.66. The Labute approximate surface area is 165 Å². The lowest BCUT2D eigenvalue weighted by Crippen LogP contribution is -2.34. The molecule has 0 bridgehead atoms. The molecule has 0 spiro atoms. The second-order valence-electron chi connectivity index (χ2n) is 4.17. The van der Waals surface area contributed by atoms with Gasteiger partial charge in [0.05, 0.1) is 8.95 Å². The fourth-order valence-corrected chi connectivity index (χ4v) is 3.80. The van der Waals surface area contributed by atoms with Gasteiger partial charge in [0, 0.05) is 16.6 Å². The monoisotopic (exact) mass is 570 g/mol. The molecule has 0 saturated heterocycles. The van der Waals surface area contributed by atoms with E-state index >= 15 is 0 Å². The van der Waals surface area contributed by atoms with Gasteiger partial charge >= 0.3 is 27.3 Å². The van der Waals surface area contributed by atoms with Gasteiger partial charge in [0.25, 0.3) is 0 Å². The number of hydrogen-bond acceptors (Lipinski definition) is 6. The molecule has 0 atom stereocenters. The molecule has 0 heterocycles. The van der Waals surface area contributed by atoms with Crippen molar-refractivity contribution < 1.29 is 40.8 Å². The van der Waals surface area contributed by atoms with Crippen molar-refractivity contribution in [3.63, 3.8) is 0 Å². The first-order valence-corrected chi connectivity index (χ1v) is 9.71. The summed E-state index contributed by atoms with van der Waals surface area (Å²) in [5, 5.41) is -4.66. The third-order valence-electron chi connectivity index (χ3n) is 2.28. The molecule has 0 radical (unpaired) electrons. The molecule has 7 nitrogen and oxygen atoms in total. The van der Waals surface area contributed by atoms with Crippen LogP contribution in [0.1, 0.15) is 0 Å². The SMILES string of the molecule is O=C(/C=C\C(=O)Oc1c(Br)cc(Br)cc1Br)OCC(F)(F)S(=O)(=O)O. The Kier molecular flexibility index (Phi) is 7.68. The maximum Gasteiger partial charge on any atom is 0.402 e. The summed E-state index contributed by atoms with van der Waals surface area (Å²) in [6.07, 6.45) is 1.05. The molecule has 1 aromatic carbocycles. The zero-order valence-electron chi connectivity index (χ0n) is 11.7. The predicted molar refractivity (Wildman–Crippen MR) is 91.8 cm³/mol. The van der Waals surface area contributed by atoms with E-state index in [1.165, 1.54) is 0 Å². The average Bonchev–Trinajstić information content (AvgIpc) is 2.45. The minimum atomic E-state index is -5.72. The maximum atomic E-state index is 12.9. The summed E-state index contributed by atoms with van der Waals surface area (Å²) in [6, 6.07) is 3.17. The number of alkyl halides is 2. The van der Waals surface area contributed by atoms with Gasteiger partial charge in [0.15, 0.2) is 12.4 Å². The van der Waals surface area contributed by atoms with Crippen LogP contribution in [0.15, 0.2) is 37.7 Å². The van der Waals surface area contributed by atoms with E-state index in [2.05, 4.69) is 52.5 Å². The van der Waals surface area contributed by atoms with E-state index in [0.717, 1.165) is 0 Å². The quantitative estimate of drug-likeness (QED) is 0.241. The summed E-state index contributed by atoms with van der Waals surface area (Å²) >= 11 is 9.52. The van der Waals surface area contributed by atoms with Crippen molar-refractivity contribution in [3.05, 3.63) is 37.7 Å². The Morgan fingerprint density at radius 3 is 2.08 bits per heavy atom. The number of ether oxygens (including phenoxy) is 2. The van der Waals surface area contributed by atoms with Gasteiger partial charge in [-0.3, -0.25) is 4.55 Å². The van der Waals surface area contributed by atoms with Crippen molar-refractivity contribution in [2.45, 2.75) is 5.25 Å². The number of rotatable bonds is 6. The summed E-state index contributed by atoms with van der Waals surface area (Å²) in [4.78, 5) is 22.8. The Morgan fingerprint density at radius 2 is 1.60 bits per heavy atom. The Morgan fingerprint density at radius 1 is 1.12 bits per heavy atom. The lowest BCUT2D eigenvalue weighted by Gasteiger charge is -2.11. The maximum absolute atomic E-state index is 12.9. The van der Waals surface area contributed by atoms with Gasteiger partial charge in [-0.25, -0.2) is 9.59 Å². The molecule has 13 heteroatoms. The molecular weight excluding hydrogens is 566 g/mol. The van der Waals surface area contributed by atoms with Crippen LogP contribution in [0, 0.1) is 0 Å². The van der Waals surface area contributed by atoms with Crippen molar-refractivity contribution >= 4 is 69.8 Å². The van der Waals surface area contributed by atoms with Gasteiger partial charge in [-0.1, -0.05) is 15.9 Å². The minimum absolute atomic E-state index is 0.101. The highest BCUT2D eigenvalue weighted by atomic mass is 79.9. The fraction of sp³-hybridized carbons (Fsp3) is 0.167. The third kappa shape index (κ3) is 6.73. The normalized spacial score (nSPS) is 12.2. The molecule has 0 aliphatic carbocycles. The molecule has 0 fully saturated rings. The van der Waals surface area contributed by atoms with Crippen molar-refractivity contribution in [3.8, 4) is 5.75 Å². The Hall–Kier alpha value is -0.890. The van der Waals surface area contributed by atoms with Gasteiger partial charge in [-0.05, 0) is 44.0 Å². The summed E-state index contributed by atoms with van der Waals surface area (Å²) < 4.78 is 65.0. The first kappa shape index (κ1) is 22.2. The number of halogens is 5. The molecule has 0 unspecified atom stereocenters. The van der Waals surface area contributed by atoms with Crippen molar-refractivity contribution in [1.29, 1.82) is 0 Å². The zero-order chi connectivity index (χ0) is 19.4. The van der Waals surface area contributed by atoms with E-state index in [0.29, 0.717) is 25.6 Å². The van der Waals surface area contributed by atoms with E-state index in [1.54, 1.807) is 12.1 Å². The van der Waals surface area contributed by atoms with Gasteiger partial charge in [0.2, 0.25) is 0 Å². The molecule has 138 valence electrons. The van der Waals surface area contributed by atoms with Crippen LogP contribution in [0.2, 0.25) is 0 Å². The third-order valence-corrected chi connectivity index (χ3v) is 4.79. The number of carbonyl (C=O) groups is 2. The first-order chi connectivity index (χ1) is 11.3. The highest BCUT2D eigenvalue weighted by molar-refractivity contribution is 9.11. The van der Waals surface area contributed by atoms with Crippen molar-refractivity contribution in [2.75, 3.05) is 6.61 Å². The van der Waals surface area contributed by atoms with Gasteiger partial charge in [-0.2, -0.15) is 17.2 Å². The van der Waals surface area contributed by atoms with Crippen molar-refractivity contribution in [2.24, 2.45) is 0 Å². The van der Waals surface area contributed by atoms with Gasteiger partial charge in [0.1, 0.15) is 0 Å². The summed E-state index contributed by atoms with van der Waals surface area (Å²) in [7, 11) is -5.72. The molecule has 25 heavy (non-hydrogen) atoms. The van der Waals surface area contributed by atoms with Crippen LogP contribution in [0.3, 0.4) is 0 Å². The van der Waals surface area contributed by atoms with E-state index in [9.17, 15) is 26.8 Å². The van der Waals surface area contributed by atoms with Crippen LogP contribution in [-0.4, -0.2) is 36.8 Å². The fourth-order valence-electron chi connectivity index (χ4n) is 1.17. The van der Waals surface area contributed by atoms with Crippen LogP contribution >= 0.6 is 47.8 Å². The van der Waals surface area contributed by atoms with Crippen LogP contribution < -0.4 is 4.74 Å². The molecular formula is C12H7Br3F2O7S. The van der Waals surface area contributed by atoms with E-state index < -0.39 is 33.9 Å². The van der Waals surface area contributed by atoms with E-state index in [1.807, 2.05) is 0 Å². The van der Waals surface area contributed by atoms with Gasteiger partial charge in [-0.15, -0.1) is 0 Å². The first-order valence-electron chi connectivity index (χ1n) is 5.89. The van der Waals surface area contributed by atoms with Crippen LogP contribution in [0.5, 0.6) is 5.75 Å². The smallest absolute Gasteiger partial charge is 0.402 e. The average molecular weight is 573 g/mol. The highest BCUT2D eigenvalue weighted by Crippen LogP contribution is 2.36. The summed E-state index contributed by atoms with van der Waals surface area (Å²) in [5.74, 6) is -2.36. The molecule has 0 amide bonds. The molecule has 0 aromatic heterocycles. The number of carbonyl (C=O) groups excluding carboxylic acids is 2. The van der Waals surface area contributed by atoms with Crippen molar-refractivity contribution in [1.82, 2.24) is 0 Å². The minimum Gasteiger partial charge on any atom is -0.455 e. The number of hydrogen-bond donors (Lipinski definition) is 1. The number of esters is 2. The Bertz CT molecular complexity index is 801. The summed E-state index contributed by atoms with van der Waals surface area (Å²) in [5.41, 5.74) is 0. The van der Waals surface area contributed by atoms with E-state index in [-0.39, 0.29) is 5.75 Å². The largest absolute Gasteiger partial charge is 0.455 e. The summed E-state index contributed by atoms with van der Waals surface area (Å²) in [6.45, 7) is -1.91. The molecule has 0 saturated carbocycles. The van der Waals surface area contributed by atoms with E-state index in [4.69, 9.17) is 9.29 Å². The standard InChI is InChI=1S/C12H7Br3F2O7S/c13-6-3-7(14)11(8(15)4-6)24-10(19)2-1-9(18)23-5-12(16,17)25(20,21)22/h1-4H,5H2,(H,20,21,22)/b2-1-. The lowest BCUT2D eigenvalue weighted by molar-refractivity contribution is -0.144. The van der Waals surface area contributed by atoms with Crippen LogP contribution in [0.25, 0.3) is 0 Å². The molecule has 0 aliphatic heterocycles. The van der Waals surface area contributed by atoms with Gasteiger partial charge < -0.3 is 9.47 Å². The zero-order valence-corrected chi connectivity index (χ0v) is 17.3. The predicted octanol–water partition coefficient (Wildman–Crippen LogP) is 3.46. The molecule has 1 aromatic rings. The molecule has 1 N–H and O–H groups in total.